The van der Waals surface area contributed by atoms with Crippen LogP contribution in [-0.4, -0.2) is 22.5 Å². The highest BCUT2D eigenvalue weighted by molar-refractivity contribution is 6.08. The Morgan fingerprint density at radius 1 is 0.949 bits per heavy atom. The fraction of sp³-hybridized carbons (Fsp3) is 0.273. The Kier molecular flexibility index (Phi) is 8.24. The second-order valence-corrected chi connectivity index (χ2v) is 10.9. The summed E-state index contributed by atoms with van der Waals surface area (Å²) in [5.41, 5.74) is 8.53. The molecular weight excluding hydrogens is 484 g/mol. The summed E-state index contributed by atoms with van der Waals surface area (Å²) in [6.45, 7) is 11.8. The number of hydrogen-bond donors (Lipinski definition) is 2. The van der Waals surface area contributed by atoms with Gasteiger partial charge in [-0.05, 0) is 54.7 Å². The van der Waals surface area contributed by atoms with Crippen LogP contribution >= 0.6 is 0 Å². The number of hydrogen-bond acceptors (Lipinski definition) is 4. The van der Waals surface area contributed by atoms with Crippen molar-refractivity contribution in [2.75, 3.05) is 5.32 Å². The van der Waals surface area contributed by atoms with Gasteiger partial charge in [-0.3, -0.25) is 9.59 Å². The standard InChI is InChI=1S/C33H36N4O2/c1-7-21(2)23-15-17-24(18-16-23)30-20-28(27-13-8-9-14-29(27)35-30)31(38)37-36-22(3)25-11-10-12-26(19-25)34-32(39)33(4,5)6/h8-21H,7H2,1-6H3,(H,34,39)(H,37,38)/b36-22-. The molecule has 0 aliphatic rings. The van der Waals surface area contributed by atoms with E-state index in [9.17, 15) is 9.59 Å². The lowest BCUT2D eigenvalue weighted by Gasteiger charge is -2.18. The van der Waals surface area contributed by atoms with Crippen LogP contribution in [0.2, 0.25) is 0 Å². The molecule has 6 heteroatoms. The van der Waals surface area contributed by atoms with E-state index in [1.807, 2.05) is 82.3 Å². The minimum atomic E-state index is -0.505. The first-order valence-corrected chi connectivity index (χ1v) is 13.3. The van der Waals surface area contributed by atoms with E-state index >= 15 is 0 Å². The number of hydrazone groups is 1. The maximum atomic E-state index is 13.4. The molecule has 0 saturated carbocycles. The highest BCUT2D eigenvalue weighted by atomic mass is 16.2. The molecule has 6 nitrogen and oxygen atoms in total. The minimum Gasteiger partial charge on any atom is -0.326 e. The van der Waals surface area contributed by atoms with E-state index in [2.05, 4.69) is 54.0 Å². The third kappa shape index (κ3) is 6.58. The number of carbonyl (C=O) groups excluding carboxylic acids is 2. The number of aromatic nitrogens is 1. The Morgan fingerprint density at radius 2 is 1.67 bits per heavy atom. The normalized spacial score (nSPS) is 12.7. The predicted molar refractivity (Wildman–Crippen MR) is 160 cm³/mol. The van der Waals surface area contributed by atoms with Gasteiger partial charge in [-0.2, -0.15) is 5.10 Å². The molecular formula is C33H36N4O2. The van der Waals surface area contributed by atoms with E-state index in [4.69, 9.17) is 4.98 Å². The number of para-hydroxylation sites is 1. The van der Waals surface area contributed by atoms with Gasteiger partial charge >= 0.3 is 0 Å². The van der Waals surface area contributed by atoms with Crippen LogP contribution < -0.4 is 10.7 Å². The van der Waals surface area contributed by atoms with Gasteiger partial charge in [0.15, 0.2) is 0 Å². The first kappa shape index (κ1) is 27.7. The highest BCUT2D eigenvalue weighted by Crippen LogP contribution is 2.27. The molecule has 0 aliphatic carbocycles. The molecule has 0 fully saturated rings. The largest absolute Gasteiger partial charge is 0.326 e. The topological polar surface area (TPSA) is 83.5 Å². The van der Waals surface area contributed by atoms with Crippen molar-refractivity contribution in [1.29, 1.82) is 0 Å². The molecule has 4 aromatic rings. The Bertz CT molecular complexity index is 1530. The summed E-state index contributed by atoms with van der Waals surface area (Å²) in [5.74, 6) is 0.0987. The Hall–Kier alpha value is -4.32. The van der Waals surface area contributed by atoms with Crippen molar-refractivity contribution in [3.8, 4) is 11.3 Å². The van der Waals surface area contributed by atoms with Gasteiger partial charge in [0.1, 0.15) is 0 Å². The van der Waals surface area contributed by atoms with Crippen LogP contribution in [0.25, 0.3) is 22.2 Å². The first-order valence-electron chi connectivity index (χ1n) is 13.3. The van der Waals surface area contributed by atoms with E-state index in [1.165, 1.54) is 5.56 Å². The Morgan fingerprint density at radius 3 is 2.36 bits per heavy atom. The summed E-state index contributed by atoms with van der Waals surface area (Å²) < 4.78 is 0. The van der Waals surface area contributed by atoms with Crippen LogP contribution in [0.5, 0.6) is 0 Å². The minimum absolute atomic E-state index is 0.0718. The van der Waals surface area contributed by atoms with Crippen molar-refractivity contribution in [3.05, 3.63) is 95.6 Å². The van der Waals surface area contributed by atoms with E-state index < -0.39 is 5.41 Å². The van der Waals surface area contributed by atoms with E-state index in [1.54, 1.807) is 0 Å². The van der Waals surface area contributed by atoms with E-state index in [0.717, 1.165) is 34.1 Å². The van der Waals surface area contributed by atoms with Crippen molar-refractivity contribution in [2.24, 2.45) is 10.5 Å². The number of pyridine rings is 1. The average Bonchev–Trinajstić information content (AvgIpc) is 2.94. The van der Waals surface area contributed by atoms with Crippen molar-refractivity contribution in [1.82, 2.24) is 10.4 Å². The molecule has 39 heavy (non-hydrogen) atoms. The maximum absolute atomic E-state index is 13.4. The average molecular weight is 521 g/mol. The monoisotopic (exact) mass is 520 g/mol. The fourth-order valence-electron chi connectivity index (χ4n) is 4.13. The van der Waals surface area contributed by atoms with Gasteiger partial charge in [0.25, 0.3) is 5.91 Å². The zero-order valence-corrected chi connectivity index (χ0v) is 23.5. The van der Waals surface area contributed by atoms with Crippen molar-refractivity contribution in [3.63, 3.8) is 0 Å². The van der Waals surface area contributed by atoms with Crippen LogP contribution in [0.1, 0.15) is 75.4 Å². The number of carbonyl (C=O) groups is 2. The molecule has 0 bridgehead atoms. The molecule has 1 unspecified atom stereocenters. The van der Waals surface area contributed by atoms with Crippen LogP contribution in [0.15, 0.2) is 84.0 Å². The van der Waals surface area contributed by atoms with Crippen LogP contribution in [0.3, 0.4) is 0 Å². The molecule has 0 aliphatic heterocycles. The lowest BCUT2D eigenvalue weighted by molar-refractivity contribution is -0.123. The molecule has 200 valence electrons. The quantitative estimate of drug-likeness (QED) is 0.195. The Balaban J connectivity index is 1.60. The number of nitrogens with one attached hydrogen (secondary N) is 2. The maximum Gasteiger partial charge on any atom is 0.272 e. The summed E-state index contributed by atoms with van der Waals surface area (Å²) in [6, 6.07) is 25.2. The molecule has 0 spiro atoms. The SMILES string of the molecule is CCC(C)c1ccc(-c2cc(C(=O)N/N=C(/C)c3cccc(NC(=O)C(C)(C)C)c3)c3ccccc3n2)cc1. The van der Waals surface area contributed by atoms with Crippen molar-refractivity contribution >= 4 is 34.1 Å². The summed E-state index contributed by atoms with van der Waals surface area (Å²) >= 11 is 0. The summed E-state index contributed by atoms with van der Waals surface area (Å²) in [6.07, 6.45) is 1.08. The summed E-state index contributed by atoms with van der Waals surface area (Å²) in [5, 5.41) is 8.07. The van der Waals surface area contributed by atoms with E-state index in [0.29, 0.717) is 22.9 Å². The summed E-state index contributed by atoms with van der Waals surface area (Å²) in [4.78, 5) is 30.6. The number of benzene rings is 3. The number of rotatable bonds is 7. The van der Waals surface area contributed by atoms with Crippen LogP contribution in [0.4, 0.5) is 5.69 Å². The molecule has 2 amide bonds. The first-order chi connectivity index (χ1) is 18.6. The van der Waals surface area contributed by atoms with Crippen molar-refractivity contribution in [2.45, 2.75) is 53.9 Å². The van der Waals surface area contributed by atoms with Gasteiger partial charge in [0, 0.05) is 22.1 Å². The molecule has 2 N–H and O–H groups in total. The zero-order valence-electron chi connectivity index (χ0n) is 23.5. The number of fused-ring (bicyclic) bond motifs is 1. The van der Waals surface area contributed by atoms with Gasteiger partial charge in [-0.1, -0.05) is 89.2 Å². The lowest BCUT2D eigenvalue weighted by Crippen LogP contribution is -2.27. The van der Waals surface area contributed by atoms with Gasteiger partial charge in [-0.25, -0.2) is 10.4 Å². The van der Waals surface area contributed by atoms with Gasteiger partial charge in [-0.15, -0.1) is 0 Å². The smallest absolute Gasteiger partial charge is 0.272 e. The molecule has 1 aromatic heterocycles. The lowest BCUT2D eigenvalue weighted by atomic mass is 9.95. The van der Waals surface area contributed by atoms with Gasteiger partial charge in [0.05, 0.1) is 22.5 Å². The molecule has 4 rings (SSSR count). The molecule has 1 heterocycles. The number of anilines is 1. The highest BCUT2D eigenvalue weighted by Gasteiger charge is 2.21. The number of nitrogens with zero attached hydrogens (tertiary/aromatic N) is 2. The van der Waals surface area contributed by atoms with E-state index in [-0.39, 0.29) is 11.8 Å². The van der Waals surface area contributed by atoms with Crippen LogP contribution in [0, 0.1) is 5.41 Å². The number of amides is 2. The second kappa shape index (κ2) is 11.6. The molecule has 0 radical (unpaired) electrons. The zero-order chi connectivity index (χ0) is 28.2. The van der Waals surface area contributed by atoms with Gasteiger partial charge < -0.3 is 5.32 Å². The predicted octanol–water partition coefficient (Wildman–Crippen LogP) is 7.55. The fourth-order valence-corrected chi connectivity index (χ4v) is 4.13. The molecule has 3 aromatic carbocycles. The Labute approximate surface area is 230 Å². The molecule has 1 atom stereocenters. The van der Waals surface area contributed by atoms with Gasteiger partial charge in [0.2, 0.25) is 5.91 Å². The summed E-state index contributed by atoms with van der Waals surface area (Å²) in [7, 11) is 0. The van der Waals surface area contributed by atoms with Crippen LogP contribution in [-0.2, 0) is 4.79 Å². The second-order valence-electron chi connectivity index (χ2n) is 10.9. The third-order valence-electron chi connectivity index (χ3n) is 6.89. The van der Waals surface area contributed by atoms with Crippen molar-refractivity contribution < 1.29 is 9.59 Å². The third-order valence-corrected chi connectivity index (χ3v) is 6.89. The molecule has 0 saturated heterocycles.